The van der Waals surface area contributed by atoms with E-state index in [0.717, 1.165) is 3.57 Å². The molecule has 84 valence electrons. The largest absolute Gasteiger partial charge is 0.478 e. The molecule has 0 bridgehead atoms. The molecule has 0 atom stereocenters. The monoisotopic (exact) mass is 382 g/mol. The van der Waals surface area contributed by atoms with E-state index in [0.29, 0.717) is 0 Å². The maximum Gasteiger partial charge on any atom is 0.356 e. The van der Waals surface area contributed by atoms with Crippen LogP contribution in [0.5, 0.6) is 0 Å². The average molecular weight is 383 g/mol. The van der Waals surface area contributed by atoms with Crippen molar-refractivity contribution >= 4 is 62.0 Å². The summed E-state index contributed by atoms with van der Waals surface area (Å²) in [4.78, 5) is 9.62. The zero-order valence-electron chi connectivity index (χ0n) is 7.16. The van der Waals surface area contributed by atoms with Crippen LogP contribution in [-0.4, -0.2) is 14.9 Å². The van der Waals surface area contributed by atoms with E-state index in [4.69, 9.17) is 39.9 Å². The Kier molecular flexibility index (Phi) is 7.42. The van der Waals surface area contributed by atoms with Crippen LogP contribution in [0, 0.1) is 3.57 Å². The van der Waals surface area contributed by atoms with Crippen molar-refractivity contribution in [3.63, 3.8) is 0 Å². The fourth-order valence-corrected chi connectivity index (χ4v) is 1.17. The van der Waals surface area contributed by atoms with Gasteiger partial charge in [0, 0.05) is 3.57 Å². The average Bonchev–Trinajstić information content (AvgIpc) is 2.18. The maximum atomic E-state index is 10.2. The number of hydrogen-bond donors (Lipinski definition) is 1. The first-order valence-corrected chi connectivity index (χ1v) is 6.59. The zero-order valence-corrected chi connectivity index (χ0v) is 11.6. The van der Waals surface area contributed by atoms with Crippen molar-refractivity contribution in [2.75, 3.05) is 0 Å². The Morgan fingerprint density at radius 1 is 1.20 bits per heavy atom. The molecule has 0 amide bonds. The molecule has 1 aromatic carbocycles. The van der Waals surface area contributed by atoms with Gasteiger partial charge in [0.2, 0.25) is 0 Å². The van der Waals surface area contributed by atoms with Crippen molar-refractivity contribution in [2.45, 2.75) is 3.79 Å². The molecule has 0 fully saturated rings. The van der Waals surface area contributed by atoms with Gasteiger partial charge in [-0.1, -0.05) is 53.0 Å². The van der Waals surface area contributed by atoms with Gasteiger partial charge in [-0.05, 0) is 12.1 Å². The molecule has 0 saturated carbocycles. The Morgan fingerprint density at radius 3 is 1.80 bits per heavy atom. The summed E-state index contributed by atoms with van der Waals surface area (Å²) in [6.07, 6.45) is 0. The Morgan fingerprint density at radius 2 is 1.60 bits per heavy atom. The van der Waals surface area contributed by atoms with Gasteiger partial charge in [0.15, 0.2) is 21.2 Å². The Labute approximate surface area is 112 Å². The summed E-state index contributed by atoms with van der Waals surface area (Å²) in [6.45, 7) is 0. The summed E-state index contributed by atoms with van der Waals surface area (Å²) >= 11 is 13.5. The van der Waals surface area contributed by atoms with Crippen molar-refractivity contribution in [1.29, 1.82) is 0 Å². The molecule has 0 radical (unpaired) electrons. The van der Waals surface area contributed by atoms with Gasteiger partial charge in [0.05, 0.1) is 0 Å². The fraction of sp³-hybridized carbons (Fsp3) is 0.125. The second kappa shape index (κ2) is 7.38. The third-order valence-electron chi connectivity index (χ3n) is 1.06. The molecule has 7 heteroatoms. The molecule has 0 aliphatic rings. The van der Waals surface area contributed by atoms with Crippen LogP contribution in [0.25, 0.3) is 0 Å². The van der Waals surface area contributed by atoms with Crippen molar-refractivity contribution in [2.24, 2.45) is 0 Å². The lowest BCUT2D eigenvalue weighted by Gasteiger charge is -1.99. The molecule has 1 N–H and O–H groups in total. The number of carboxylic acids is 1. The number of benzene rings is 1. The first kappa shape index (κ1) is 15.1. The summed E-state index contributed by atoms with van der Waals surface area (Å²) in [5, 5.41) is 7.85. The summed E-state index contributed by atoms with van der Waals surface area (Å²) in [6, 6.07) is 9.46. The molecule has 0 unspecified atom stereocenters. The minimum absolute atomic E-state index is 0.941. The summed E-state index contributed by atoms with van der Waals surface area (Å²) in [7, 11) is 0. The van der Waals surface area contributed by atoms with Crippen LogP contribution in [0.1, 0.15) is 0 Å². The van der Waals surface area contributed by atoms with Crippen LogP contribution in [-0.2, 0) is 7.86 Å². The van der Waals surface area contributed by atoms with E-state index in [1.807, 2.05) is 30.3 Å². The molecule has 0 aliphatic heterocycles. The summed E-state index contributed by atoms with van der Waals surface area (Å²) in [5.74, 6) is -1.46. The quantitative estimate of drug-likeness (QED) is 0.595. The molecular weight excluding hydrogens is 377 g/mol. The number of aliphatic carboxylic acids is 1. The van der Waals surface area contributed by atoms with E-state index < -0.39 is 31.0 Å². The van der Waals surface area contributed by atoms with E-state index in [1.165, 1.54) is 0 Å². The number of hydrogen-bond acceptors (Lipinski definition) is 2. The second-order valence-corrected chi connectivity index (χ2v) is 6.14. The van der Waals surface area contributed by atoms with Crippen LogP contribution in [0.2, 0.25) is 0 Å². The van der Waals surface area contributed by atoms with Crippen molar-refractivity contribution in [3.8, 4) is 0 Å². The van der Waals surface area contributed by atoms with Crippen LogP contribution >= 0.6 is 56.0 Å². The zero-order chi connectivity index (χ0) is 11.9. The fourth-order valence-electron chi connectivity index (χ4n) is 0.466. The summed E-state index contributed by atoms with van der Waals surface area (Å²) < 4.78 is 9.04. The molecule has 0 aliphatic carbocycles. The Balaban J connectivity index is 0.000000265. The highest BCUT2D eigenvalue weighted by molar-refractivity contribution is 14.1. The molecule has 0 aromatic heterocycles. The SMILES string of the molecule is O=C(O)C(Cl)(Cl)Cl.O=Ic1ccccc1. The molecule has 1 rings (SSSR count). The third kappa shape index (κ3) is 7.96. The van der Waals surface area contributed by atoms with Gasteiger partial charge in [-0.2, -0.15) is 0 Å². The smallest absolute Gasteiger partial charge is 0.356 e. The van der Waals surface area contributed by atoms with Crippen LogP contribution in [0.3, 0.4) is 0 Å². The molecule has 1 aromatic rings. The number of rotatable bonds is 1. The molecule has 15 heavy (non-hydrogen) atoms. The number of halogens is 4. The highest BCUT2D eigenvalue weighted by Gasteiger charge is 2.29. The van der Waals surface area contributed by atoms with Gasteiger partial charge in [-0.25, -0.2) is 4.79 Å². The first-order chi connectivity index (χ1) is 6.88. The summed E-state index contributed by atoms with van der Waals surface area (Å²) in [5.41, 5.74) is 0. The highest BCUT2D eigenvalue weighted by Crippen LogP contribution is 2.25. The number of carbonyl (C=O) groups is 1. The van der Waals surface area contributed by atoms with Gasteiger partial charge >= 0.3 is 5.97 Å². The maximum absolute atomic E-state index is 10.2. The Hall–Kier alpha value is 0.0900. The van der Waals surface area contributed by atoms with E-state index in [1.54, 1.807) is 0 Å². The lowest BCUT2D eigenvalue weighted by molar-refractivity contribution is -0.135. The van der Waals surface area contributed by atoms with Crippen molar-refractivity contribution in [3.05, 3.63) is 33.9 Å². The van der Waals surface area contributed by atoms with Gasteiger partial charge < -0.3 is 5.11 Å². The Bertz CT molecular complexity index is 324. The lowest BCUT2D eigenvalue weighted by atomic mass is 10.4. The van der Waals surface area contributed by atoms with Gasteiger partial charge in [0.25, 0.3) is 3.79 Å². The number of alkyl halides is 3. The predicted octanol–water partition coefficient (Wildman–Crippen LogP) is 3.61. The van der Waals surface area contributed by atoms with Crippen LogP contribution < -0.4 is 0 Å². The highest BCUT2D eigenvalue weighted by atomic mass is 127. The van der Waals surface area contributed by atoms with Gasteiger partial charge in [-0.15, -0.1) is 0 Å². The molecule has 0 saturated heterocycles. The topological polar surface area (TPSA) is 54.4 Å². The van der Waals surface area contributed by atoms with Gasteiger partial charge in [-0.3, -0.25) is 3.07 Å². The van der Waals surface area contributed by atoms with E-state index in [2.05, 4.69) is 0 Å². The molecule has 3 nitrogen and oxygen atoms in total. The van der Waals surface area contributed by atoms with Crippen LogP contribution in [0.15, 0.2) is 30.3 Å². The first-order valence-electron chi connectivity index (χ1n) is 3.50. The lowest BCUT2D eigenvalue weighted by Crippen LogP contribution is -2.16. The van der Waals surface area contributed by atoms with E-state index in [9.17, 15) is 7.86 Å². The van der Waals surface area contributed by atoms with Crippen LogP contribution in [0.4, 0.5) is 0 Å². The van der Waals surface area contributed by atoms with E-state index in [-0.39, 0.29) is 0 Å². The van der Waals surface area contributed by atoms with Crippen molar-refractivity contribution < 1.29 is 13.0 Å². The minimum Gasteiger partial charge on any atom is -0.478 e. The standard InChI is InChI=1S/C6H5IO.C2HCl3O2/c8-7-6-4-2-1-3-5-6;3-2(4,5)1(6)7/h1-5H;(H,6,7). The second-order valence-electron chi connectivity index (χ2n) is 2.18. The molecule has 0 heterocycles. The normalized spacial score (nSPS) is 10.1. The van der Waals surface area contributed by atoms with E-state index >= 15 is 0 Å². The number of carboxylic acid groups (broad SMARTS) is 1. The molecular formula is C8H6Cl3IO3. The van der Waals surface area contributed by atoms with Crippen molar-refractivity contribution in [1.82, 2.24) is 0 Å². The predicted molar refractivity (Wildman–Crippen MR) is 67.8 cm³/mol. The molecule has 0 spiro atoms. The van der Waals surface area contributed by atoms with Gasteiger partial charge in [0.1, 0.15) is 0 Å². The minimum atomic E-state index is -2.17. The third-order valence-corrected chi connectivity index (χ3v) is 2.78.